The van der Waals surface area contributed by atoms with Crippen molar-refractivity contribution in [3.63, 3.8) is 0 Å². The number of aromatic nitrogens is 4. The summed E-state index contributed by atoms with van der Waals surface area (Å²) in [6.45, 7) is 8.24. The highest BCUT2D eigenvalue weighted by Gasteiger charge is 2.38. The molecule has 0 aliphatic carbocycles. The summed E-state index contributed by atoms with van der Waals surface area (Å²) in [5.74, 6) is -3.77. The van der Waals surface area contributed by atoms with Crippen molar-refractivity contribution in [3.8, 4) is 5.95 Å². The van der Waals surface area contributed by atoms with E-state index < -0.39 is 23.8 Å². The summed E-state index contributed by atoms with van der Waals surface area (Å²) < 4.78 is 66.7. The van der Waals surface area contributed by atoms with E-state index in [1.54, 1.807) is 6.07 Å². The number of aliphatic carboxylic acids is 1. The monoisotopic (exact) mass is 489 g/mol. The van der Waals surface area contributed by atoms with Crippen LogP contribution in [0, 0.1) is 11.6 Å². The quantitative estimate of drug-likeness (QED) is 0.540. The lowest BCUT2D eigenvalue weighted by Crippen LogP contribution is -2.37. The standard InChI is InChI=1S/C19H23F2N5O.C2HF3O2/c1-4-15-13-5-6-14(20)16(21)17(13)26(23-15)19-22-18(27-24-19)12-7-9-25(10-8-12)11(2)3;3-2(4,5)1(6)7/h5-6,11-12H,4,7-10H2,1-3H3;(H,6,7). The van der Waals surface area contributed by atoms with Gasteiger partial charge >= 0.3 is 12.1 Å². The predicted molar refractivity (Wildman–Crippen MR) is 111 cm³/mol. The van der Waals surface area contributed by atoms with Crippen molar-refractivity contribution in [2.45, 2.75) is 58.2 Å². The Hall–Kier alpha value is -3.09. The van der Waals surface area contributed by atoms with E-state index in [-0.39, 0.29) is 17.4 Å². The van der Waals surface area contributed by atoms with E-state index in [0.717, 1.165) is 32.0 Å². The van der Waals surface area contributed by atoms with Crippen molar-refractivity contribution in [1.29, 1.82) is 0 Å². The highest BCUT2D eigenvalue weighted by atomic mass is 19.4. The van der Waals surface area contributed by atoms with Crippen molar-refractivity contribution in [2.24, 2.45) is 0 Å². The number of carboxylic acids is 1. The summed E-state index contributed by atoms with van der Waals surface area (Å²) in [4.78, 5) is 15.8. The molecule has 1 N–H and O–H groups in total. The van der Waals surface area contributed by atoms with Crippen LogP contribution in [0.1, 0.15) is 51.1 Å². The first kappa shape index (κ1) is 25.5. The number of fused-ring (bicyclic) bond motifs is 1. The molecule has 3 aromatic rings. The van der Waals surface area contributed by atoms with E-state index in [1.807, 2.05) is 6.92 Å². The van der Waals surface area contributed by atoms with Gasteiger partial charge in [0.05, 0.1) is 5.69 Å². The molecule has 8 nitrogen and oxygen atoms in total. The molecule has 2 aromatic heterocycles. The first-order valence-corrected chi connectivity index (χ1v) is 10.7. The summed E-state index contributed by atoms with van der Waals surface area (Å²) in [6.07, 6.45) is -2.63. The second-order valence-corrected chi connectivity index (χ2v) is 8.11. The number of halogens is 5. The number of carboxylic acid groups (broad SMARTS) is 1. The van der Waals surface area contributed by atoms with Gasteiger partial charge in [-0.3, -0.25) is 0 Å². The van der Waals surface area contributed by atoms with Gasteiger partial charge in [0, 0.05) is 17.3 Å². The summed E-state index contributed by atoms with van der Waals surface area (Å²) in [7, 11) is 0. The molecule has 0 unspecified atom stereocenters. The topological polar surface area (TPSA) is 97.3 Å². The van der Waals surface area contributed by atoms with Gasteiger partial charge in [-0.15, -0.1) is 0 Å². The van der Waals surface area contributed by atoms with Gasteiger partial charge < -0.3 is 14.5 Å². The highest BCUT2D eigenvalue weighted by Crippen LogP contribution is 2.30. The Morgan fingerprint density at radius 3 is 2.38 bits per heavy atom. The van der Waals surface area contributed by atoms with Gasteiger partial charge in [0.15, 0.2) is 11.6 Å². The van der Waals surface area contributed by atoms with E-state index in [9.17, 15) is 22.0 Å². The van der Waals surface area contributed by atoms with Crippen LogP contribution in [0.3, 0.4) is 0 Å². The number of hydrogen-bond acceptors (Lipinski definition) is 6. The van der Waals surface area contributed by atoms with Crippen LogP contribution in [-0.4, -0.2) is 61.2 Å². The summed E-state index contributed by atoms with van der Waals surface area (Å²) in [5.41, 5.74) is 0.717. The normalized spacial score (nSPS) is 15.6. The second kappa shape index (κ2) is 10.0. The van der Waals surface area contributed by atoms with Crippen LogP contribution in [0.2, 0.25) is 0 Å². The van der Waals surface area contributed by atoms with Crippen LogP contribution in [-0.2, 0) is 11.2 Å². The number of rotatable bonds is 4. The zero-order valence-electron chi connectivity index (χ0n) is 18.7. The van der Waals surface area contributed by atoms with E-state index >= 15 is 0 Å². The Balaban J connectivity index is 0.000000406. The molecule has 1 fully saturated rings. The van der Waals surface area contributed by atoms with Crippen molar-refractivity contribution >= 4 is 16.9 Å². The fourth-order valence-corrected chi connectivity index (χ4v) is 3.75. The highest BCUT2D eigenvalue weighted by molar-refractivity contribution is 5.83. The fourth-order valence-electron chi connectivity index (χ4n) is 3.75. The van der Waals surface area contributed by atoms with Crippen LogP contribution in [0.5, 0.6) is 0 Å². The first-order valence-electron chi connectivity index (χ1n) is 10.7. The molecule has 3 heterocycles. The van der Waals surface area contributed by atoms with Crippen LogP contribution < -0.4 is 0 Å². The molecule has 0 atom stereocenters. The molecule has 1 saturated heterocycles. The fraction of sp³-hybridized carbons (Fsp3) is 0.524. The third-order valence-corrected chi connectivity index (χ3v) is 5.62. The van der Waals surface area contributed by atoms with Gasteiger partial charge in [0.2, 0.25) is 5.89 Å². The zero-order valence-corrected chi connectivity index (χ0v) is 18.7. The third-order valence-electron chi connectivity index (χ3n) is 5.62. The summed E-state index contributed by atoms with van der Waals surface area (Å²) >= 11 is 0. The van der Waals surface area contributed by atoms with Gasteiger partial charge in [-0.05, 0) is 63.5 Å². The molecular weight excluding hydrogens is 465 g/mol. The molecule has 1 aliphatic rings. The predicted octanol–water partition coefficient (Wildman–Crippen LogP) is 4.47. The molecule has 0 bridgehead atoms. The van der Waals surface area contributed by atoms with E-state index in [1.165, 1.54) is 4.68 Å². The Kier molecular flexibility index (Phi) is 7.54. The number of alkyl halides is 3. The second-order valence-electron chi connectivity index (χ2n) is 8.11. The zero-order chi connectivity index (χ0) is 25.2. The Morgan fingerprint density at radius 2 is 1.85 bits per heavy atom. The smallest absolute Gasteiger partial charge is 0.475 e. The Bertz CT molecular complexity index is 1150. The number of piperidine rings is 1. The summed E-state index contributed by atoms with van der Waals surface area (Å²) in [5, 5.41) is 16.1. The van der Waals surface area contributed by atoms with Gasteiger partial charge in [0.1, 0.15) is 5.52 Å². The lowest BCUT2D eigenvalue weighted by molar-refractivity contribution is -0.192. The van der Waals surface area contributed by atoms with Gasteiger partial charge in [-0.1, -0.05) is 6.92 Å². The maximum atomic E-state index is 14.4. The number of aryl methyl sites for hydroxylation is 1. The average Bonchev–Trinajstić information content (AvgIpc) is 3.41. The van der Waals surface area contributed by atoms with Crippen molar-refractivity contribution < 1.29 is 36.4 Å². The average molecular weight is 489 g/mol. The number of nitrogens with zero attached hydrogens (tertiary/aromatic N) is 5. The Labute approximate surface area is 191 Å². The summed E-state index contributed by atoms with van der Waals surface area (Å²) in [6, 6.07) is 3.18. The maximum Gasteiger partial charge on any atom is 0.490 e. The molecule has 0 saturated carbocycles. The largest absolute Gasteiger partial charge is 0.490 e. The van der Waals surface area contributed by atoms with Gasteiger partial charge in [-0.2, -0.15) is 27.9 Å². The first-order chi connectivity index (χ1) is 15.9. The van der Waals surface area contributed by atoms with Gasteiger partial charge in [-0.25, -0.2) is 13.6 Å². The Morgan fingerprint density at radius 1 is 1.24 bits per heavy atom. The molecule has 0 spiro atoms. The van der Waals surface area contributed by atoms with Crippen molar-refractivity contribution in [3.05, 3.63) is 35.4 Å². The minimum absolute atomic E-state index is 0.0498. The third kappa shape index (κ3) is 5.34. The molecule has 1 aliphatic heterocycles. The molecule has 0 amide bonds. The van der Waals surface area contributed by atoms with Crippen LogP contribution in [0.4, 0.5) is 22.0 Å². The van der Waals surface area contributed by atoms with Crippen LogP contribution in [0.25, 0.3) is 16.9 Å². The van der Waals surface area contributed by atoms with Crippen molar-refractivity contribution in [2.75, 3.05) is 13.1 Å². The molecule has 0 radical (unpaired) electrons. The number of carbonyl (C=O) groups is 1. The van der Waals surface area contributed by atoms with Crippen LogP contribution >= 0.6 is 0 Å². The van der Waals surface area contributed by atoms with Crippen LogP contribution in [0.15, 0.2) is 16.7 Å². The maximum absolute atomic E-state index is 14.4. The minimum Gasteiger partial charge on any atom is -0.475 e. The lowest BCUT2D eigenvalue weighted by Gasteiger charge is -2.33. The molecule has 34 heavy (non-hydrogen) atoms. The molecular formula is C21H24F5N5O3. The van der Waals surface area contributed by atoms with E-state index in [2.05, 4.69) is 34.0 Å². The SMILES string of the molecule is CCc1nn(-c2noc(C3CCN(C(C)C)CC3)n2)c2c(F)c(F)ccc12.O=C(O)C(F)(F)F. The minimum atomic E-state index is -5.08. The van der Waals surface area contributed by atoms with E-state index in [4.69, 9.17) is 14.4 Å². The molecule has 186 valence electrons. The lowest BCUT2D eigenvalue weighted by atomic mass is 9.96. The van der Waals surface area contributed by atoms with E-state index in [0.29, 0.717) is 29.4 Å². The van der Waals surface area contributed by atoms with Crippen molar-refractivity contribution in [1.82, 2.24) is 24.8 Å². The number of hydrogen-bond donors (Lipinski definition) is 1. The molecule has 13 heteroatoms. The van der Waals surface area contributed by atoms with Gasteiger partial charge in [0.25, 0.3) is 5.95 Å². The molecule has 1 aromatic carbocycles. The number of benzene rings is 1. The molecule has 4 rings (SSSR count). The number of likely N-dealkylation sites (tertiary alicyclic amines) is 1.